The van der Waals surface area contributed by atoms with E-state index in [9.17, 15) is 0 Å². The lowest BCUT2D eigenvalue weighted by Crippen LogP contribution is -1.83. The molecule has 3 heteroatoms. The second-order valence-electron chi connectivity index (χ2n) is 0.846. The first kappa shape index (κ1) is 15.7. The highest BCUT2D eigenvalue weighted by molar-refractivity contribution is 4.76. The van der Waals surface area contributed by atoms with E-state index in [1.165, 1.54) is 14.1 Å². The highest BCUT2D eigenvalue weighted by atomic mass is 14.5. The molecule has 0 aromatic rings. The van der Waals surface area contributed by atoms with Crippen LogP contribution in [0.2, 0.25) is 0 Å². The molecule has 0 saturated heterocycles. The highest BCUT2D eigenvalue weighted by Gasteiger charge is 1.50. The standard InChI is InChI=1S/C3H7N.2CH5N/c1-3(2)4;2*1-2/h1,4H2,2H3;2*2H2,1H3. The number of allylic oxidation sites excluding steroid dienone is 1. The lowest BCUT2D eigenvalue weighted by molar-refractivity contribution is 1.34. The van der Waals surface area contributed by atoms with Gasteiger partial charge in [-0.05, 0) is 26.7 Å². The van der Waals surface area contributed by atoms with E-state index in [0.29, 0.717) is 5.70 Å². The van der Waals surface area contributed by atoms with E-state index in [2.05, 4.69) is 18.0 Å². The molecule has 0 aliphatic rings. The van der Waals surface area contributed by atoms with Crippen molar-refractivity contribution in [3.8, 4) is 0 Å². The molecule has 0 unspecified atom stereocenters. The molecular weight excluding hydrogens is 102 g/mol. The van der Waals surface area contributed by atoms with E-state index in [-0.39, 0.29) is 0 Å². The van der Waals surface area contributed by atoms with Crippen LogP contribution in [0.1, 0.15) is 6.92 Å². The molecule has 0 aromatic carbocycles. The Morgan fingerprint density at radius 1 is 1.12 bits per heavy atom. The number of hydrogen-bond acceptors (Lipinski definition) is 3. The molecule has 0 amide bonds. The Morgan fingerprint density at radius 3 is 1.12 bits per heavy atom. The van der Waals surface area contributed by atoms with Gasteiger partial charge in [0.15, 0.2) is 0 Å². The van der Waals surface area contributed by atoms with Gasteiger partial charge in [0, 0.05) is 0 Å². The molecule has 0 aromatic heterocycles. The smallest absolute Gasteiger partial charge is 0.00242 e. The topological polar surface area (TPSA) is 78.1 Å². The zero-order valence-corrected chi connectivity index (χ0v) is 5.94. The van der Waals surface area contributed by atoms with Gasteiger partial charge in [0.05, 0.1) is 0 Å². The van der Waals surface area contributed by atoms with Crippen molar-refractivity contribution in [2.75, 3.05) is 14.1 Å². The zero-order valence-electron chi connectivity index (χ0n) is 5.94. The number of hydrogen-bond donors (Lipinski definition) is 3. The second-order valence-corrected chi connectivity index (χ2v) is 0.846. The van der Waals surface area contributed by atoms with E-state index in [0.717, 1.165) is 0 Å². The normalized spacial score (nSPS) is 4.62. The van der Waals surface area contributed by atoms with Crippen LogP contribution in [-0.4, -0.2) is 14.1 Å². The molecule has 0 aliphatic heterocycles. The lowest BCUT2D eigenvalue weighted by Gasteiger charge is -1.69. The SMILES string of the molecule is C=C(C)N.CN.CN. The molecule has 0 bridgehead atoms. The van der Waals surface area contributed by atoms with Crippen molar-refractivity contribution in [3.63, 3.8) is 0 Å². The Kier molecular flexibility index (Phi) is 62.3. The summed E-state index contributed by atoms with van der Waals surface area (Å²) >= 11 is 0. The number of nitrogens with two attached hydrogens (primary N) is 3. The van der Waals surface area contributed by atoms with E-state index < -0.39 is 0 Å². The maximum Gasteiger partial charge on any atom is -0.00242 e. The fraction of sp³-hybridized carbons (Fsp3) is 0.600. The summed E-state index contributed by atoms with van der Waals surface area (Å²) in [5, 5.41) is 0. The summed E-state index contributed by atoms with van der Waals surface area (Å²) in [5.41, 5.74) is 14.6. The minimum Gasteiger partial charge on any atom is -0.403 e. The van der Waals surface area contributed by atoms with Crippen LogP contribution in [-0.2, 0) is 0 Å². The third kappa shape index (κ3) is 372. The molecule has 6 N–H and O–H groups in total. The lowest BCUT2D eigenvalue weighted by atomic mass is 10.6. The fourth-order valence-corrected chi connectivity index (χ4v) is 0. The van der Waals surface area contributed by atoms with Crippen LogP contribution < -0.4 is 17.2 Å². The van der Waals surface area contributed by atoms with Gasteiger partial charge in [0.1, 0.15) is 0 Å². The quantitative estimate of drug-likeness (QED) is 0.407. The van der Waals surface area contributed by atoms with Crippen LogP contribution in [0.15, 0.2) is 12.3 Å². The van der Waals surface area contributed by atoms with Crippen LogP contribution in [0.4, 0.5) is 0 Å². The van der Waals surface area contributed by atoms with Gasteiger partial charge in [-0.15, -0.1) is 0 Å². The maximum absolute atomic E-state index is 4.92. The predicted octanol–water partition coefficient (Wildman–Crippen LogP) is -0.371. The first-order valence-electron chi connectivity index (χ1n) is 2.30. The van der Waals surface area contributed by atoms with Crippen molar-refractivity contribution in [3.05, 3.63) is 12.3 Å². The minimum absolute atomic E-state index is 0.667. The summed E-state index contributed by atoms with van der Waals surface area (Å²) in [4.78, 5) is 0. The van der Waals surface area contributed by atoms with Gasteiger partial charge in [-0.1, -0.05) is 6.58 Å². The summed E-state index contributed by atoms with van der Waals surface area (Å²) in [6.45, 7) is 5.08. The van der Waals surface area contributed by atoms with Gasteiger partial charge in [0.25, 0.3) is 0 Å². The Morgan fingerprint density at radius 2 is 1.12 bits per heavy atom. The van der Waals surface area contributed by atoms with Crippen molar-refractivity contribution < 1.29 is 0 Å². The summed E-state index contributed by atoms with van der Waals surface area (Å²) in [5.74, 6) is 0. The van der Waals surface area contributed by atoms with Gasteiger partial charge in [-0.3, -0.25) is 0 Å². The summed E-state index contributed by atoms with van der Waals surface area (Å²) in [7, 11) is 3.00. The van der Waals surface area contributed by atoms with Crippen LogP contribution in [0.25, 0.3) is 0 Å². The molecule has 0 aliphatic carbocycles. The van der Waals surface area contributed by atoms with Gasteiger partial charge < -0.3 is 17.2 Å². The first-order valence-corrected chi connectivity index (χ1v) is 2.30. The van der Waals surface area contributed by atoms with Gasteiger partial charge in [-0.25, -0.2) is 0 Å². The predicted molar refractivity (Wildman–Crippen MR) is 39.2 cm³/mol. The van der Waals surface area contributed by atoms with Crippen molar-refractivity contribution in [1.29, 1.82) is 0 Å². The van der Waals surface area contributed by atoms with E-state index in [1.807, 2.05) is 0 Å². The highest BCUT2D eigenvalue weighted by Crippen LogP contribution is 1.58. The van der Waals surface area contributed by atoms with Crippen LogP contribution in [0.3, 0.4) is 0 Å². The van der Waals surface area contributed by atoms with E-state index in [1.54, 1.807) is 6.92 Å². The summed E-state index contributed by atoms with van der Waals surface area (Å²) < 4.78 is 0. The zero-order chi connectivity index (χ0) is 7.58. The van der Waals surface area contributed by atoms with Gasteiger partial charge >= 0.3 is 0 Å². The maximum atomic E-state index is 4.92. The molecule has 8 heavy (non-hydrogen) atoms. The largest absolute Gasteiger partial charge is 0.403 e. The van der Waals surface area contributed by atoms with Crippen molar-refractivity contribution in [2.24, 2.45) is 17.2 Å². The minimum atomic E-state index is 0.667. The Labute approximate surface area is 51.5 Å². The van der Waals surface area contributed by atoms with Crippen LogP contribution in [0, 0.1) is 0 Å². The molecule has 3 nitrogen and oxygen atoms in total. The Hall–Kier alpha value is -0.540. The third-order valence-corrected chi connectivity index (χ3v) is 0. The first-order chi connectivity index (χ1) is 3.73. The van der Waals surface area contributed by atoms with Crippen molar-refractivity contribution in [2.45, 2.75) is 6.92 Å². The average molecular weight is 119 g/mol. The second kappa shape index (κ2) is 31.8. The monoisotopic (exact) mass is 119 g/mol. The fourth-order valence-electron chi connectivity index (χ4n) is 0. The molecule has 52 valence electrons. The summed E-state index contributed by atoms with van der Waals surface area (Å²) in [6.07, 6.45) is 0. The Bertz CT molecular complexity index is 30.7. The molecule has 0 heterocycles. The molecular formula is C5H17N3. The third-order valence-electron chi connectivity index (χ3n) is 0. The van der Waals surface area contributed by atoms with E-state index in [4.69, 9.17) is 5.73 Å². The average Bonchev–Trinajstić information content (AvgIpc) is 1.75. The van der Waals surface area contributed by atoms with Crippen molar-refractivity contribution in [1.82, 2.24) is 0 Å². The van der Waals surface area contributed by atoms with Crippen molar-refractivity contribution >= 4 is 0 Å². The van der Waals surface area contributed by atoms with Crippen LogP contribution in [0.5, 0.6) is 0 Å². The number of rotatable bonds is 0. The molecule has 0 radical (unpaired) electrons. The molecule has 0 atom stereocenters. The van der Waals surface area contributed by atoms with Gasteiger partial charge in [-0.2, -0.15) is 0 Å². The van der Waals surface area contributed by atoms with Gasteiger partial charge in [0.2, 0.25) is 0 Å². The summed E-state index contributed by atoms with van der Waals surface area (Å²) in [6, 6.07) is 0. The van der Waals surface area contributed by atoms with E-state index >= 15 is 0 Å². The Balaban J connectivity index is -0.0000000542. The molecule has 0 saturated carbocycles. The molecule has 0 rings (SSSR count). The molecule has 0 fully saturated rings. The molecule has 0 spiro atoms. The van der Waals surface area contributed by atoms with Crippen LogP contribution >= 0.6 is 0 Å².